The van der Waals surface area contributed by atoms with E-state index >= 15 is 0 Å². The molecule has 0 aliphatic carbocycles. The third kappa shape index (κ3) is 5.29. The summed E-state index contributed by atoms with van der Waals surface area (Å²) in [5.41, 5.74) is 0.825. The van der Waals surface area contributed by atoms with Crippen molar-refractivity contribution in [1.29, 1.82) is 0 Å². The van der Waals surface area contributed by atoms with E-state index in [-0.39, 0.29) is 12.5 Å². The first kappa shape index (κ1) is 18.9. The zero-order chi connectivity index (χ0) is 18.2. The second-order valence-electron chi connectivity index (χ2n) is 5.05. The Morgan fingerprint density at radius 2 is 1.60 bits per heavy atom. The van der Waals surface area contributed by atoms with Crippen molar-refractivity contribution < 1.29 is 23.7 Å². The number of ether oxygens (including phenoxy) is 4. The molecule has 6 nitrogen and oxygen atoms in total. The number of rotatable bonds is 8. The van der Waals surface area contributed by atoms with E-state index in [2.05, 4.69) is 21.2 Å². The van der Waals surface area contributed by atoms with Gasteiger partial charge in [0.05, 0.1) is 21.3 Å². The van der Waals surface area contributed by atoms with Gasteiger partial charge < -0.3 is 24.3 Å². The second kappa shape index (κ2) is 9.17. The molecule has 0 saturated carbocycles. The van der Waals surface area contributed by atoms with Crippen LogP contribution in [0.3, 0.4) is 0 Å². The van der Waals surface area contributed by atoms with Crippen LogP contribution in [0.5, 0.6) is 23.0 Å². The van der Waals surface area contributed by atoms with Crippen LogP contribution in [0.2, 0.25) is 0 Å². The molecule has 2 aromatic rings. The molecule has 0 aliphatic rings. The van der Waals surface area contributed by atoms with E-state index in [0.717, 1.165) is 10.0 Å². The van der Waals surface area contributed by atoms with Crippen molar-refractivity contribution in [3.8, 4) is 23.0 Å². The highest BCUT2D eigenvalue weighted by atomic mass is 79.9. The molecule has 2 aromatic carbocycles. The molecule has 0 radical (unpaired) electrons. The van der Waals surface area contributed by atoms with Gasteiger partial charge in [0.25, 0.3) is 5.91 Å². The van der Waals surface area contributed by atoms with Crippen LogP contribution in [0.4, 0.5) is 0 Å². The lowest BCUT2D eigenvalue weighted by Gasteiger charge is -2.14. The molecule has 2 rings (SSSR count). The third-order valence-electron chi connectivity index (χ3n) is 3.40. The van der Waals surface area contributed by atoms with Crippen LogP contribution >= 0.6 is 15.9 Å². The summed E-state index contributed by atoms with van der Waals surface area (Å²) in [5, 5.41) is 2.80. The second-order valence-corrected chi connectivity index (χ2v) is 5.97. The van der Waals surface area contributed by atoms with Gasteiger partial charge in [-0.3, -0.25) is 4.79 Å². The molecule has 0 fully saturated rings. The molecule has 25 heavy (non-hydrogen) atoms. The first-order valence-electron chi connectivity index (χ1n) is 7.51. The number of amides is 1. The summed E-state index contributed by atoms with van der Waals surface area (Å²) < 4.78 is 22.2. The zero-order valence-corrected chi connectivity index (χ0v) is 15.9. The van der Waals surface area contributed by atoms with E-state index < -0.39 is 0 Å². The fraction of sp³-hybridized carbons (Fsp3) is 0.278. The fourth-order valence-corrected chi connectivity index (χ4v) is 2.43. The molecule has 0 heterocycles. The maximum absolute atomic E-state index is 12.0. The quantitative estimate of drug-likeness (QED) is 0.725. The summed E-state index contributed by atoms with van der Waals surface area (Å²) in [4.78, 5) is 12.0. The molecule has 134 valence electrons. The van der Waals surface area contributed by atoms with Gasteiger partial charge >= 0.3 is 0 Å². The zero-order valence-electron chi connectivity index (χ0n) is 14.3. The summed E-state index contributed by atoms with van der Waals surface area (Å²) in [6.07, 6.45) is 0. The van der Waals surface area contributed by atoms with Crippen molar-refractivity contribution in [1.82, 2.24) is 5.32 Å². The van der Waals surface area contributed by atoms with E-state index in [1.807, 2.05) is 12.1 Å². The van der Waals surface area contributed by atoms with Gasteiger partial charge in [-0.1, -0.05) is 15.9 Å². The number of carbonyl (C=O) groups excluding carboxylic acids is 1. The Labute approximate surface area is 155 Å². The smallest absolute Gasteiger partial charge is 0.258 e. The van der Waals surface area contributed by atoms with Crippen LogP contribution in [0.15, 0.2) is 40.9 Å². The summed E-state index contributed by atoms with van der Waals surface area (Å²) in [5.74, 6) is 2.00. The average Bonchev–Trinajstić information content (AvgIpc) is 2.64. The number of benzene rings is 2. The van der Waals surface area contributed by atoms with Gasteiger partial charge in [0.2, 0.25) is 5.75 Å². The monoisotopic (exact) mass is 409 g/mol. The standard InChI is InChI=1S/C18H20BrNO5/c1-22-15-8-12(9-16(23-2)18(15)24-3)10-20-17(21)11-25-14-6-4-13(19)5-7-14/h4-9H,10-11H2,1-3H3,(H,20,21). The summed E-state index contributed by atoms with van der Waals surface area (Å²) >= 11 is 3.35. The SMILES string of the molecule is COc1cc(CNC(=O)COc2ccc(Br)cc2)cc(OC)c1OC. The topological polar surface area (TPSA) is 66.0 Å². The van der Waals surface area contributed by atoms with E-state index in [9.17, 15) is 4.79 Å². The minimum Gasteiger partial charge on any atom is -0.493 e. The lowest BCUT2D eigenvalue weighted by molar-refractivity contribution is -0.123. The van der Waals surface area contributed by atoms with Crippen LogP contribution in [-0.2, 0) is 11.3 Å². The van der Waals surface area contributed by atoms with Gasteiger partial charge in [-0.05, 0) is 42.0 Å². The van der Waals surface area contributed by atoms with Gasteiger partial charge in [-0.2, -0.15) is 0 Å². The minimum atomic E-state index is -0.225. The van der Waals surface area contributed by atoms with Gasteiger partial charge in [0, 0.05) is 11.0 Å². The molecule has 0 unspecified atom stereocenters. The molecule has 0 saturated heterocycles. The van der Waals surface area contributed by atoms with E-state index in [0.29, 0.717) is 29.5 Å². The molecule has 7 heteroatoms. The number of methoxy groups -OCH3 is 3. The Balaban J connectivity index is 1.93. The maximum atomic E-state index is 12.0. The van der Waals surface area contributed by atoms with Crippen molar-refractivity contribution in [3.05, 3.63) is 46.4 Å². The van der Waals surface area contributed by atoms with Crippen molar-refractivity contribution in [3.63, 3.8) is 0 Å². The normalized spacial score (nSPS) is 10.1. The van der Waals surface area contributed by atoms with Crippen molar-refractivity contribution in [2.24, 2.45) is 0 Å². The summed E-state index contributed by atoms with van der Waals surface area (Å²) in [7, 11) is 4.64. The molecule has 0 aromatic heterocycles. The van der Waals surface area contributed by atoms with Gasteiger partial charge in [0.15, 0.2) is 18.1 Å². The lowest BCUT2D eigenvalue weighted by atomic mass is 10.1. The highest BCUT2D eigenvalue weighted by Gasteiger charge is 2.13. The number of hydrogen-bond donors (Lipinski definition) is 1. The van der Waals surface area contributed by atoms with Gasteiger partial charge in [-0.15, -0.1) is 0 Å². The molecular weight excluding hydrogens is 390 g/mol. The molecule has 0 bridgehead atoms. The molecule has 0 aliphatic heterocycles. The number of hydrogen-bond acceptors (Lipinski definition) is 5. The van der Waals surface area contributed by atoms with E-state index in [4.69, 9.17) is 18.9 Å². The van der Waals surface area contributed by atoms with E-state index in [1.165, 1.54) is 0 Å². The Morgan fingerprint density at radius 1 is 1.00 bits per heavy atom. The number of nitrogens with one attached hydrogen (secondary N) is 1. The average molecular weight is 410 g/mol. The molecule has 0 atom stereocenters. The predicted octanol–water partition coefficient (Wildman–Crippen LogP) is 3.17. The van der Waals surface area contributed by atoms with E-state index in [1.54, 1.807) is 45.6 Å². The van der Waals surface area contributed by atoms with Crippen LogP contribution in [0, 0.1) is 0 Å². The molecule has 1 N–H and O–H groups in total. The third-order valence-corrected chi connectivity index (χ3v) is 3.93. The Kier molecular flexibility index (Phi) is 6.94. The first-order chi connectivity index (χ1) is 12.1. The predicted molar refractivity (Wildman–Crippen MR) is 97.6 cm³/mol. The Bertz CT molecular complexity index is 693. The lowest BCUT2D eigenvalue weighted by Crippen LogP contribution is -2.28. The van der Waals surface area contributed by atoms with Gasteiger partial charge in [-0.25, -0.2) is 0 Å². The molecule has 0 spiro atoms. The summed E-state index contributed by atoms with van der Waals surface area (Å²) in [6, 6.07) is 10.9. The fourth-order valence-electron chi connectivity index (χ4n) is 2.17. The molecule has 1 amide bonds. The number of halogens is 1. The van der Waals surface area contributed by atoms with Gasteiger partial charge in [0.1, 0.15) is 5.75 Å². The number of carbonyl (C=O) groups is 1. The minimum absolute atomic E-state index is 0.0634. The van der Waals surface area contributed by atoms with Crippen LogP contribution < -0.4 is 24.3 Å². The Morgan fingerprint density at radius 3 is 2.12 bits per heavy atom. The van der Waals surface area contributed by atoms with Crippen molar-refractivity contribution >= 4 is 21.8 Å². The molecular formula is C18H20BrNO5. The first-order valence-corrected chi connectivity index (χ1v) is 8.30. The van der Waals surface area contributed by atoms with Crippen molar-refractivity contribution in [2.45, 2.75) is 6.54 Å². The highest BCUT2D eigenvalue weighted by Crippen LogP contribution is 2.38. The largest absolute Gasteiger partial charge is 0.493 e. The van der Waals surface area contributed by atoms with Crippen molar-refractivity contribution in [2.75, 3.05) is 27.9 Å². The van der Waals surface area contributed by atoms with Crippen LogP contribution in [-0.4, -0.2) is 33.8 Å². The van der Waals surface area contributed by atoms with Crippen LogP contribution in [0.25, 0.3) is 0 Å². The Hall–Kier alpha value is -2.41. The maximum Gasteiger partial charge on any atom is 0.258 e. The summed E-state index contributed by atoms with van der Waals surface area (Å²) in [6.45, 7) is 0.255. The highest BCUT2D eigenvalue weighted by molar-refractivity contribution is 9.10. The van der Waals surface area contributed by atoms with Crippen LogP contribution in [0.1, 0.15) is 5.56 Å².